The molecule has 1 aromatic rings. The van der Waals surface area contributed by atoms with Crippen LogP contribution in [-0.4, -0.2) is 47.4 Å². The fourth-order valence-electron chi connectivity index (χ4n) is 3.94. The van der Waals surface area contributed by atoms with Crippen LogP contribution in [0.5, 0.6) is 0 Å². The van der Waals surface area contributed by atoms with Crippen molar-refractivity contribution in [1.29, 1.82) is 0 Å². The first-order valence-corrected chi connectivity index (χ1v) is 9.34. The number of piperidine rings is 1. The summed E-state index contributed by atoms with van der Waals surface area (Å²) in [5.41, 5.74) is 1.97. The van der Waals surface area contributed by atoms with Gasteiger partial charge in [0.05, 0.1) is 0 Å². The number of hydrogen-bond acceptors (Lipinski definition) is 3. The summed E-state index contributed by atoms with van der Waals surface area (Å²) in [7, 11) is 0. The molecule has 0 aromatic heterocycles. The minimum Gasteiger partial charge on any atom is -0.481 e. The van der Waals surface area contributed by atoms with E-state index >= 15 is 0 Å². The van der Waals surface area contributed by atoms with E-state index in [0.717, 1.165) is 24.1 Å². The lowest BCUT2D eigenvalue weighted by Gasteiger charge is -2.34. The van der Waals surface area contributed by atoms with Gasteiger partial charge >= 0.3 is 5.97 Å². The van der Waals surface area contributed by atoms with Crippen molar-refractivity contribution in [2.24, 2.45) is 11.8 Å². The van der Waals surface area contributed by atoms with Crippen LogP contribution < -0.4 is 4.90 Å². The highest BCUT2D eigenvalue weighted by Gasteiger charge is 2.40. The number of likely N-dealkylation sites (tertiary alicyclic amines) is 1. The van der Waals surface area contributed by atoms with Gasteiger partial charge in [0.2, 0.25) is 11.8 Å². The van der Waals surface area contributed by atoms with Gasteiger partial charge in [-0.05, 0) is 50.7 Å². The molecule has 0 spiro atoms. The SMILES string of the molecule is Cc1ccc(N2CC[C@@H](C(=O)N3CCC[C@H](CCC(=O)O)C3)C2=O)cc1. The Labute approximate surface area is 153 Å². The third kappa shape index (κ3) is 4.06. The molecule has 26 heavy (non-hydrogen) atoms. The summed E-state index contributed by atoms with van der Waals surface area (Å²) in [5.74, 6) is -1.40. The van der Waals surface area contributed by atoms with E-state index in [2.05, 4.69) is 0 Å². The number of carbonyl (C=O) groups excluding carboxylic acids is 2. The zero-order valence-electron chi connectivity index (χ0n) is 15.2. The predicted octanol–water partition coefficient (Wildman–Crippen LogP) is 2.45. The second kappa shape index (κ2) is 7.89. The van der Waals surface area contributed by atoms with Gasteiger partial charge in [-0.15, -0.1) is 0 Å². The summed E-state index contributed by atoms with van der Waals surface area (Å²) in [6, 6.07) is 7.77. The number of carboxylic acid groups (broad SMARTS) is 1. The highest BCUT2D eigenvalue weighted by Crippen LogP contribution is 2.29. The molecule has 0 bridgehead atoms. The lowest BCUT2D eigenvalue weighted by molar-refractivity contribution is -0.141. The standard InChI is InChI=1S/C20H26N2O4/c1-14-4-7-16(8-5-14)22-12-10-17(20(22)26)19(25)21-11-2-3-15(13-21)6-9-18(23)24/h4-5,7-8,15,17H,2-3,6,9-13H2,1H3,(H,23,24)/t15-,17+/m1/s1. The average Bonchev–Trinajstić information content (AvgIpc) is 3.02. The van der Waals surface area contributed by atoms with E-state index in [1.165, 1.54) is 0 Å². The molecule has 0 radical (unpaired) electrons. The van der Waals surface area contributed by atoms with Gasteiger partial charge in [0.1, 0.15) is 5.92 Å². The van der Waals surface area contributed by atoms with Crippen molar-refractivity contribution in [2.75, 3.05) is 24.5 Å². The van der Waals surface area contributed by atoms with Gasteiger partial charge in [0.25, 0.3) is 0 Å². The predicted molar refractivity (Wildman–Crippen MR) is 97.8 cm³/mol. The number of benzene rings is 1. The van der Waals surface area contributed by atoms with Crippen molar-refractivity contribution in [3.63, 3.8) is 0 Å². The Hall–Kier alpha value is -2.37. The maximum absolute atomic E-state index is 12.9. The van der Waals surface area contributed by atoms with Gasteiger partial charge in [-0.25, -0.2) is 0 Å². The summed E-state index contributed by atoms with van der Waals surface area (Å²) >= 11 is 0. The van der Waals surface area contributed by atoms with Crippen LogP contribution in [0.3, 0.4) is 0 Å². The normalized spacial score (nSPS) is 23.3. The van der Waals surface area contributed by atoms with E-state index in [4.69, 9.17) is 5.11 Å². The number of carbonyl (C=O) groups is 3. The molecule has 2 aliphatic heterocycles. The van der Waals surface area contributed by atoms with E-state index in [1.807, 2.05) is 31.2 Å². The Kier molecular flexibility index (Phi) is 5.59. The molecule has 2 fully saturated rings. The van der Waals surface area contributed by atoms with Crippen LogP contribution in [0.2, 0.25) is 0 Å². The Balaban J connectivity index is 1.62. The topological polar surface area (TPSA) is 77.9 Å². The fraction of sp³-hybridized carbons (Fsp3) is 0.550. The molecule has 1 N–H and O–H groups in total. The van der Waals surface area contributed by atoms with Gasteiger partial charge < -0.3 is 14.9 Å². The minimum absolute atomic E-state index is 0.0929. The molecule has 6 nitrogen and oxygen atoms in total. The molecule has 2 atom stereocenters. The second-order valence-corrected chi connectivity index (χ2v) is 7.39. The van der Waals surface area contributed by atoms with Crippen LogP contribution in [0.1, 0.15) is 37.7 Å². The summed E-state index contributed by atoms with van der Waals surface area (Å²) < 4.78 is 0. The summed E-state index contributed by atoms with van der Waals surface area (Å²) in [5, 5.41) is 8.85. The number of carboxylic acids is 1. The summed E-state index contributed by atoms with van der Waals surface area (Å²) in [6.45, 7) is 3.80. The molecule has 3 rings (SSSR count). The number of amides is 2. The zero-order valence-corrected chi connectivity index (χ0v) is 15.2. The number of rotatable bonds is 5. The maximum atomic E-state index is 12.9. The van der Waals surface area contributed by atoms with Gasteiger partial charge in [-0.2, -0.15) is 0 Å². The number of aliphatic carboxylic acids is 1. The first-order chi connectivity index (χ1) is 12.5. The third-order valence-corrected chi connectivity index (χ3v) is 5.45. The van der Waals surface area contributed by atoms with Crippen molar-refractivity contribution >= 4 is 23.5 Å². The molecule has 0 unspecified atom stereocenters. The Morgan fingerprint density at radius 2 is 1.88 bits per heavy atom. The minimum atomic E-state index is -0.798. The molecule has 2 amide bonds. The molecule has 2 saturated heterocycles. The average molecular weight is 358 g/mol. The van der Waals surface area contributed by atoms with Crippen molar-refractivity contribution in [3.8, 4) is 0 Å². The van der Waals surface area contributed by atoms with E-state index < -0.39 is 11.9 Å². The molecule has 140 valence electrons. The third-order valence-electron chi connectivity index (χ3n) is 5.45. The van der Waals surface area contributed by atoms with Crippen molar-refractivity contribution < 1.29 is 19.5 Å². The van der Waals surface area contributed by atoms with Gasteiger partial charge in [-0.3, -0.25) is 14.4 Å². The van der Waals surface area contributed by atoms with E-state index in [1.54, 1.807) is 9.80 Å². The Bertz CT molecular complexity index is 686. The van der Waals surface area contributed by atoms with Crippen molar-refractivity contribution in [3.05, 3.63) is 29.8 Å². The van der Waals surface area contributed by atoms with Crippen LogP contribution in [0.25, 0.3) is 0 Å². The highest BCUT2D eigenvalue weighted by molar-refractivity contribution is 6.09. The largest absolute Gasteiger partial charge is 0.481 e. The second-order valence-electron chi connectivity index (χ2n) is 7.39. The molecular formula is C20H26N2O4. The van der Waals surface area contributed by atoms with E-state index in [-0.39, 0.29) is 24.2 Å². The number of aryl methyl sites for hydroxylation is 1. The highest BCUT2D eigenvalue weighted by atomic mass is 16.4. The van der Waals surface area contributed by atoms with Crippen LogP contribution >= 0.6 is 0 Å². The number of anilines is 1. The van der Waals surface area contributed by atoms with E-state index in [0.29, 0.717) is 32.5 Å². The lowest BCUT2D eigenvalue weighted by atomic mass is 9.92. The smallest absolute Gasteiger partial charge is 0.303 e. The summed E-state index contributed by atoms with van der Waals surface area (Å²) in [4.78, 5) is 39.9. The number of nitrogens with zero attached hydrogens (tertiary/aromatic N) is 2. The van der Waals surface area contributed by atoms with Crippen molar-refractivity contribution in [2.45, 2.75) is 39.0 Å². The van der Waals surface area contributed by atoms with Gasteiger partial charge in [-0.1, -0.05) is 17.7 Å². The van der Waals surface area contributed by atoms with Gasteiger partial charge in [0.15, 0.2) is 0 Å². The fourth-order valence-corrected chi connectivity index (χ4v) is 3.94. The summed E-state index contributed by atoms with van der Waals surface area (Å²) in [6.07, 6.45) is 3.09. The zero-order chi connectivity index (χ0) is 18.7. The van der Waals surface area contributed by atoms with Crippen LogP contribution in [-0.2, 0) is 14.4 Å². The lowest BCUT2D eigenvalue weighted by Crippen LogP contribution is -2.45. The monoisotopic (exact) mass is 358 g/mol. The van der Waals surface area contributed by atoms with Crippen LogP contribution in [0, 0.1) is 18.8 Å². The van der Waals surface area contributed by atoms with Crippen molar-refractivity contribution in [1.82, 2.24) is 4.90 Å². The Morgan fingerprint density at radius 3 is 2.58 bits per heavy atom. The Morgan fingerprint density at radius 1 is 1.15 bits per heavy atom. The van der Waals surface area contributed by atoms with Crippen LogP contribution in [0.15, 0.2) is 24.3 Å². The molecular weight excluding hydrogens is 332 g/mol. The van der Waals surface area contributed by atoms with Crippen LogP contribution in [0.4, 0.5) is 5.69 Å². The number of hydrogen-bond donors (Lipinski definition) is 1. The molecule has 0 saturated carbocycles. The molecule has 6 heteroatoms. The quantitative estimate of drug-likeness (QED) is 0.820. The molecule has 1 aromatic carbocycles. The molecule has 2 aliphatic rings. The maximum Gasteiger partial charge on any atom is 0.303 e. The van der Waals surface area contributed by atoms with Gasteiger partial charge in [0, 0.05) is 31.7 Å². The first kappa shape index (κ1) is 18.4. The van der Waals surface area contributed by atoms with E-state index in [9.17, 15) is 14.4 Å². The molecule has 0 aliphatic carbocycles. The first-order valence-electron chi connectivity index (χ1n) is 9.34. The molecule has 2 heterocycles.